The predicted octanol–water partition coefficient (Wildman–Crippen LogP) is -2.75. The van der Waals surface area contributed by atoms with Gasteiger partial charge in [-0.15, -0.1) is 0 Å². The molecular formula is C6H16N4O4S. The van der Waals surface area contributed by atoms with Crippen molar-refractivity contribution in [1.82, 2.24) is 4.31 Å². The molecule has 0 bridgehead atoms. The molecule has 7 N–H and O–H groups in total. The van der Waals surface area contributed by atoms with E-state index in [9.17, 15) is 13.2 Å². The molecule has 0 unspecified atom stereocenters. The van der Waals surface area contributed by atoms with Crippen LogP contribution in [-0.4, -0.2) is 49.5 Å². The van der Waals surface area contributed by atoms with Crippen LogP contribution in [0.1, 0.15) is 6.42 Å². The summed E-state index contributed by atoms with van der Waals surface area (Å²) in [6.45, 7) is 0.105. The molecule has 8 nitrogen and oxygen atoms in total. The van der Waals surface area contributed by atoms with Crippen molar-refractivity contribution in [3.05, 3.63) is 0 Å². The second kappa shape index (κ2) is 5.98. The number of hydrogen-bond donors (Lipinski definition) is 4. The maximum atomic E-state index is 11.0. The molecule has 0 amide bonds. The summed E-state index contributed by atoms with van der Waals surface area (Å²) >= 11 is 0. The van der Waals surface area contributed by atoms with Crippen LogP contribution in [0.25, 0.3) is 0 Å². The fraction of sp³-hybridized carbons (Fsp3) is 0.833. The Morgan fingerprint density at radius 2 is 1.93 bits per heavy atom. The van der Waals surface area contributed by atoms with Gasteiger partial charge in [0.2, 0.25) is 0 Å². The summed E-state index contributed by atoms with van der Waals surface area (Å²) in [5.41, 5.74) is 10.4. The summed E-state index contributed by atoms with van der Waals surface area (Å²) in [7, 11) is -3.84. The molecule has 15 heavy (non-hydrogen) atoms. The van der Waals surface area contributed by atoms with Gasteiger partial charge in [0.05, 0.1) is 0 Å². The Morgan fingerprint density at radius 3 is 2.27 bits per heavy atom. The smallest absolute Gasteiger partial charge is 0.320 e. The summed E-state index contributed by atoms with van der Waals surface area (Å²) in [6.07, 6.45) is -0.00817. The summed E-state index contributed by atoms with van der Waals surface area (Å²) in [5, 5.41) is 13.4. The van der Waals surface area contributed by atoms with Crippen molar-refractivity contribution < 1.29 is 18.3 Å². The van der Waals surface area contributed by atoms with Gasteiger partial charge >= 0.3 is 5.97 Å². The molecule has 0 heterocycles. The maximum absolute atomic E-state index is 11.0. The van der Waals surface area contributed by atoms with E-state index in [-0.39, 0.29) is 26.1 Å². The van der Waals surface area contributed by atoms with E-state index in [1.165, 1.54) is 0 Å². The van der Waals surface area contributed by atoms with Crippen LogP contribution >= 0.6 is 0 Å². The van der Waals surface area contributed by atoms with Crippen LogP contribution in [0.2, 0.25) is 0 Å². The minimum absolute atomic E-state index is 0.00817. The van der Waals surface area contributed by atoms with Crippen LogP contribution < -0.4 is 16.6 Å². The van der Waals surface area contributed by atoms with Gasteiger partial charge in [0.15, 0.2) is 0 Å². The van der Waals surface area contributed by atoms with Gasteiger partial charge in [0.25, 0.3) is 10.2 Å². The van der Waals surface area contributed by atoms with E-state index >= 15 is 0 Å². The quantitative estimate of drug-likeness (QED) is 0.378. The lowest BCUT2D eigenvalue weighted by atomic mass is 10.2. The van der Waals surface area contributed by atoms with E-state index in [2.05, 4.69) is 0 Å². The predicted molar refractivity (Wildman–Crippen MR) is 54.0 cm³/mol. The molecule has 0 aromatic carbocycles. The summed E-state index contributed by atoms with van der Waals surface area (Å²) < 4.78 is 22.8. The van der Waals surface area contributed by atoms with E-state index in [4.69, 9.17) is 21.7 Å². The second-order valence-electron chi connectivity index (χ2n) is 2.97. The van der Waals surface area contributed by atoms with E-state index in [0.717, 1.165) is 4.31 Å². The van der Waals surface area contributed by atoms with Crippen molar-refractivity contribution in [3.8, 4) is 0 Å². The molecule has 0 spiro atoms. The number of nitrogens with zero attached hydrogens (tertiary/aromatic N) is 1. The molecule has 0 aliphatic rings. The lowest BCUT2D eigenvalue weighted by Gasteiger charge is -2.19. The van der Waals surface area contributed by atoms with E-state index in [1.807, 2.05) is 0 Å². The normalized spacial score (nSPS) is 14.1. The molecule has 0 radical (unpaired) electrons. The van der Waals surface area contributed by atoms with E-state index < -0.39 is 22.2 Å². The number of carbonyl (C=O) groups is 1. The van der Waals surface area contributed by atoms with Gasteiger partial charge in [0.1, 0.15) is 6.04 Å². The molecule has 0 aliphatic carbocycles. The Kier molecular flexibility index (Phi) is 5.68. The number of carboxylic acids is 1. The highest BCUT2D eigenvalue weighted by Crippen LogP contribution is 1.98. The number of hydrogen-bond acceptors (Lipinski definition) is 5. The zero-order valence-corrected chi connectivity index (χ0v) is 8.98. The maximum Gasteiger partial charge on any atom is 0.320 e. The molecule has 1 atom stereocenters. The average Bonchev–Trinajstić information content (AvgIpc) is 2.09. The Labute approximate surface area is 88.2 Å². The highest BCUT2D eigenvalue weighted by atomic mass is 32.2. The Balaban J connectivity index is 4.26. The van der Waals surface area contributed by atoms with Crippen molar-refractivity contribution in [1.29, 1.82) is 0 Å². The second-order valence-corrected chi connectivity index (χ2v) is 4.51. The average molecular weight is 240 g/mol. The van der Waals surface area contributed by atoms with Crippen LogP contribution in [0.5, 0.6) is 0 Å². The zero-order chi connectivity index (χ0) is 12.1. The van der Waals surface area contributed by atoms with E-state index in [0.29, 0.717) is 0 Å². The topological polar surface area (TPSA) is 153 Å². The van der Waals surface area contributed by atoms with Gasteiger partial charge in [0, 0.05) is 19.6 Å². The third-order valence-corrected chi connectivity index (χ3v) is 2.83. The van der Waals surface area contributed by atoms with Crippen LogP contribution in [0.15, 0.2) is 0 Å². The van der Waals surface area contributed by atoms with Crippen molar-refractivity contribution in [2.45, 2.75) is 12.5 Å². The Hall–Kier alpha value is -0.740. The zero-order valence-electron chi connectivity index (χ0n) is 8.17. The van der Waals surface area contributed by atoms with Gasteiger partial charge in [-0.2, -0.15) is 12.7 Å². The molecule has 0 rings (SSSR count). The van der Waals surface area contributed by atoms with Crippen molar-refractivity contribution in [3.63, 3.8) is 0 Å². The van der Waals surface area contributed by atoms with Gasteiger partial charge in [-0.05, 0) is 6.42 Å². The lowest BCUT2D eigenvalue weighted by Crippen LogP contribution is -2.43. The Morgan fingerprint density at radius 1 is 1.40 bits per heavy atom. The number of nitrogens with two attached hydrogens (primary N) is 3. The number of carboxylic acid groups (broad SMARTS) is 1. The first-order valence-electron chi connectivity index (χ1n) is 4.25. The molecule has 0 aromatic heterocycles. The highest BCUT2D eigenvalue weighted by Gasteiger charge is 2.19. The molecular weight excluding hydrogens is 224 g/mol. The first-order valence-corrected chi connectivity index (χ1v) is 5.75. The molecule has 0 fully saturated rings. The summed E-state index contributed by atoms with van der Waals surface area (Å²) in [5.74, 6) is -1.18. The van der Waals surface area contributed by atoms with Gasteiger partial charge in [-0.3, -0.25) is 4.79 Å². The Bertz CT molecular complexity index is 304. The number of rotatable bonds is 7. The molecule has 0 saturated heterocycles. The SMILES string of the molecule is NCCN(CC[C@H](N)C(=O)O)S(N)(=O)=O. The first-order chi connectivity index (χ1) is 6.79. The van der Waals surface area contributed by atoms with Crippen LogP contribution in [0.4, 0.5) is 0 Å². The van der Waals surface area contributed by atoms with Crippen molar-refractivity contribution >= 4 is 16.2 Å². The monoisotopic (exact) mass is 240 g/mol. The fourth-order valence-corrected chi connectivity index (χ4v) is 1.64. The van der Waals surface area contributed by atoms with Crippen molar-refractivity contribution in [2.75, 3.05) is 19.6 Å². The number of aliphatic carboxylic acids is 1. The molecule has 0 aromatic rings. The fourth-order valence-electron chi connectivity index (χ4n) is 0.917. The standard InChI is InChI=1S/C6H16N4O4S/c7-2-4-10(15(9,13)14)3-1-5(8)6(11)12/h5H,1-4,7-8H2,(H,11,12)(H2,9,13,14)/t5-/m0/s1. The third kappa shape index (κ3) is 5.64. The van der Waals surface area contributed by atoms with Crippen molar-refractivity contribution in [2.24, 2.45) is 16.6 Å². The summed E-state index contributed by atoms with van der Waals surface area (Å²) in [4.78, 5) is 10.4. The third-order valence-electron chi connectivity index (χ3n) is 1.75. The lowest BCUT2D eigenvalue weighted by molar-refractivity contribution is -0.138. The molecule has 0 saturated carbocycles. The largest absolute Gasteiger partial charge is 0.480 e. The van der Waals surface area contributed by atoms with Gasteiger partial charge in [-0.25, -0.2) is 5.14 Å². The van der Waals surface area contributed by atoms with Gasteiger partial charge < -0.3 is 16.6 Å². The van der Waals surface area contributed by atoms with E-state index in [1.54, 1.807) is 0 Å². The molecule has 90 valence electrons. The first kappa shape index (κ1) is 14.3. The van der Waals surface area contributed by atoms with Crippen LogP contribution in [0.3, 0.4) is 0 Å². The van der Waals surface area contributed by atoms with Crippen LogP contribution in [0, 0.1) is 0 Å². The van der Waals surface area contributed by atoms with Gasteiger partial charge in [-0.1, -0.05) is 0 Å². The van der Waals surface area contributed by atoms with Crippen LogP contribution in [-0.2, 0) is 15.0 Å². The highest BCUT2D eigenvalue weighted by molar-refractivity contribution is 7.86. The molecule has 9 heteroatoms. The minimum Gasteiger partial charge on any atom is -0.480 e. The minimum atomic E-state index is -3.84. The molecule has 0 aliphatic heterocycles. The summed E-state index contributed by atoms with van der Waals surface area (Å²) in [6, 6.07) is -1.10.